The molecule has 0 saturated heterocycles. The molecule has 8 heteroatoms. The van der Waals surface area contributed by atoms with Crippen molar-refractivity contribution in [3.05, 3.63) is 47.8 Å². The van der Waals surface area contributed by atoms with Gasteiger partial charge in [-0.05, 0) is 49.5 Å². The van der Waals surface area contributed by atoms with Gasteiger partial charge in [-0.2, -0.15) is 0 Å². The number of aromatic nitrogens is 1. The van der Waals surface area contributed by atoms with E-state index in [0.717, 1.165) is 13.1 Å². The lowest BCUT2D eigenvalue weighted by Crippen LogP contribution is -2.38. The van der Waals surface area contributed by atoms with E-state index in [0.29, 0.717) is 45.5 Å². The maximum absolute atomic E-state index is 13.6. The predicted octanol–water partition coefficient (Wildman–Crippen LogP) is 4.44. The summed E-state index contributed by atoms with van der Waals surface area (Å²) in [5.74, 6) is 0.527. The van der Waals surface area contributed by atoms with E-state index in [-0.39, 0.29) is 11.7 Å². The van der Waals surface area contributed by atoms with Gasteiger partial charge in [0.2, 0.25) is 0 Å². The van der Waals surface area contributed by atoms with Gasteiger partial charge in [0.1, 0.15) is 5.82 Å². The Labute approximate surface area is 179 Å². The van der Waals surface area contributed by atoms with Gasteiger partial charge in [-0.15, -0.1) is 0 Å². The zero-order valence-corrected chi connectivity index (χ0v) is 18.5. The Kier molecular flexibility index (Phi) is 7.23. The largest absolute Gasteiger partial charge is 0.493 e. The zero-order valence-electron chi connectivity index (χ0n) is 17.6. The molecule has 160 valence electrons. The van der Waals surface area contributed by atoms with Gasteiger partial charge in [0.15, 0.2) is 16.6 Å². The molecule has 0 atom stereocenters. The lowest BCUT2D eigenvalue weighted by Gasteiger charge is -2.25. The van der Waals surface area contributed by atoms with Crippen LogP contribution in [0.3, 0.4) is 0 Å². The fourth-order valence-corrected chi connectivity index (χ4v) is 4.21. The van der Waals surface area contributed by atoms with Gasteiger partial charge in [0.25, 0.3) is 5.91 Å². The first-order valence-electron chi connectivity index (χ1n) is 9.83. The van der Waals surface area contributed by atoms with Crippen molar-refractivity contribution in [2.45, 2.75) is 13.8 Å². The van der Waals surface area contributed by atoms with Gasteiger partial charge in [0.05, 0.1) is 24.4 Å². The van der Waals surface area contributed by atoms with Crippen molar-refractivity contribution >= 4 is 32.6 Å². The Morgan fingerprint density at radius 1 is 1.03 bits per heavy atom. The number of carbonyl (C=O) groups is 1. The molecule has 30 heavy (non-hydrogen) atoms. The Bertz CT molecular complexity index is 1020. The summed E-state index contributed by atoms with van der Waals surface area (Å²) in [5.41, 5.74) is 1.14. The molecule has 0 radical (unpaired) electrons. The standard InChI is InChI=1S/C22H26FN3O3S/c1-5-25(6-2)11-12-26(22-24-17-9-8-16(23)14-20(17)30-22)21(27)15-7-10-18(28-3)19(13-15)29-4/h7-10,13-14H,5-6,11-12H2,1-4H3. The number of carbonyl (C=O) groups excluding carboxylic acids is 1. The number of benzene rings is 2. The smallest absolute Gasteiger partial charge is 0.260 e. The molecule has 1 heterocycles. The van der Waals surface area contributed by atoms with Gasteiger partial charge >= 0.3 is 0 Å². The van der Waals surface area contributed by atoms with Crippen LogP contribution in [0.25, 0.3) is 10.2 Å². The lowest BCUT2D eigenvalue weighted by atomic mass is 10.1. The molecule has 0 saturated carbocycles. The summed E-state index contributed by atoms with van der Waals surface area (Å²) in [6.45, 7) is 7.13. The average Bonchev–Trinajstić information content (AvgIpc) is 3.18. The van der Waals surface area contributed by atoms with E-state index >= 15 is 0 Å². The van der Waals surface area contributed by atoms with Crippen LogP contribution in [-0.2, 0) is 0 Å². The number of amides is 1. The summed E-state index contributed by atoms with van der Waals surface area (Å²) < 4.78 is 25.0. The second-order valence-electron chi connectivity index (χ2n) is 6.66. The van der Waals surface area contributed by atoms with Crippen molar-refractivity contribution in [1.29, 1.82) is 0 Å². The van der Waals surface area contributed by atoms with Crippen LogP contribution in [0.5, 0.6) is 11.5 Å². The van der Waals surface area contributed by atoms with Crippen LogP contribution in [0.1, 0.15) is 24.2 Å². The molecule has 0 aliphatic rings. The number of likely N-dealkylation sites (N-methyl/N-ethyl adjacent to an activating group) is 1. The van der Waals surface area contributed by atoms with Crippen LogP contribution in [0.15, 0.2) is 36.4 Å². The van der Waals surface area contributed by atoms with Crippen LogP contribution in [0.2, 0.25) is 0 Å². The summed E-state index contributed by atoms with van der Waals surface area (Å²) >= 11 is 1.31. The summed E-state index contributed by atoms with van der Waals surface area (Å²) in [6.07, 6.45) is 0. The second-order valence-corrected chi connectivity index (χ2v) is 7.67. The van der Waals surface area contributed by atoms with Crippen LogP contribution >= 0.6 is 11.3 Å². The van der Waals surface area contributed by atoms with E-state index < -0.39 is 0 Å². The molecule has 2 aromatic carbocycles. The second kappa shape index (κ2) is 9.86. The van der Waals surface area contributed by atoms with Crippen LogP contribution in [-0.4, -0.2) is 56.2 Å². The van der Waals surface area contributed by atoms with E-state index in [1.807, 2.05) is 0 Å². The van der Waals surface area contributed by atoms with Gasteiger partial charge in [-0.25, -0.2) is 9.37 Å². The minimum atomic E-state index is -0.321. The van der Waals surface area contributed by atoms with Crippen LogP contribution in [0, 0.1) is 5.82 Å². The number of halogens is 1. The summed E-state index contributed by atoms with van der Waals surface area (Å²) in [7, 11) is 3.09. The highest BCUT2D eigenvalue weighted by Crippen LogP contribution is 2.32. The summed E-state index contributed by atoms with van der Waals surface area (Å²) in [4.78, 5) is 21.9. The first-order chi connectivity index (χ1) is 14.5. The predicted molar refractivity (Wildman–Crippen MR) is 119 cm³/mol. The first-order valence-corrected chi connectivity index (χ1v) is 10.6. The van der Waals surface area contributed by atoms with Crippen molar-refractivity contribution < 1.29 is 18.7 Å². The first kappa shape index (κ1) is 22.0. The molecule has 0 aliphatic heterocycles. The molecule has 3 aromatic rings. The maximum atomic E-state index is 13.6. The van der Waals surface area contributed by atoms with Crippen molar-refractivity contribution in [2.75, 3.05) is 45.3 Å². The van der Waals surface area contributed by atoms with Crippen molar-refractivity contribution in [2.24, 2.45) is 0 Å². The van der Waals surface area contributed by atoms with Crippen LogP contribution < -0.4 is 14.4 Å². The molecule has 0 N–H and O–H groups in total. The number of anilines is 1. The molecule has 0 spiro atoms. The highest BCUT2D eigenvalue weighted by atomic mass is 32.1. The summed E-state index contributed by atoms with van der Waals surface area (Å²) in [6, 6.07) is 9.54. The fraction of sp³-hybridized carbons (Fsp3) is 0.364. The Balaban J connectivity index is 1.98. The van der Waals surface area contributed by atoms with Gasteiger partial charge in [-0.3, -0.25) is 9.69 Å². The Morgan fingerprint density at radius 2 is 1.77 bits per heavy atom. The summed E-state index contributed by atoms with van der Waals surface area (Å²) in [5, 5.41) is 0.544. The SMILES string of the molecule is CCN(CC)CCN(C(=O)c1ccc(OC)c(OC)c1)c1nc2ccc(F)cc2s1. The molecule has 0 aliphatic carbocycles. The van der Waals surface area contributed by atoms with Crippen LogP contribution in [0.4, 0.5) is 9.52 Å². The number of nitrogens with zero attached hydrogens (tertiary/aromatic N) is 3. The monoisotopic (exact) mass is 431 g/mol. The Hall–Kier alpha value is -2.71. The van der Waals surface area contributed by atoms with Crippen molar-refractivity contribution in [3.8, 4) is 11.5 Å². The van der Waals surface area contributed by atoms with Gasteiger partial charge < -0.3 is 14.4 Å². The van der Waals surface area contributed by atoms with Gasteiger partial charge in [-0.1, -0.05) is 25.2 Å². The molecule has 0 bridgehead atoms. The molecule has 1 amide bonds. The molecule has 0 unspecified atom stereocenters. The maximum Gasteiger partial charge on any atom is 0.260 e. The number of methoxy groups -OCH3 is 2. The highest BCUT2D eigenvalue weighted by Gasteiger charge is 2.23. The number of thiazole rings is 1. The lowest BCUT2D eigenvalue weighted by molar-refractivity contribution is 0.0983. The van der Waals surface area contributed by atoms with Crippen molar-refractivity contribution in [3.63, 3.8) is 0 Å². The van der Waals surface area contributed by atoms with E-state index in [4.69, 9.17) is 9.47 Å². The number of rotatable bonds is 9. The average molecular weight is 432 g/mol. The number of ether oxygens (including phenoxy) is 2. The third-order valence-electron chi connectivity index (χ3n) is 4.98. The van der Waals surface area contributed by atoms with Crippen molar-refractivity contribution in [1.82, 2.24) is 9.88 Å². The molecular formula is C22H26FN3O3S. The molecule has 1 aromatic heterocycles. The van der Waals surface area contributed by atoms with Gasteiger partial charge in [0, 0.05) is 18.7 Å². The minimum absolute atomic E-state index is 0.192. The van der Waals surface area contributed by atoms with E-state index in [9.17, 15) is 9.18 Å². The fourth-order valence-electron chi connectivity index (χ4n) is 3.19. The highest BCUT2D eigenvalue weighted by molar-refractivity contribution is 7.22. The van der Waals surface area contributed by atoms with E-state index in [1.54, 1.807) is 36.3 Å². The minimum Gasteiger partial charge on any atom is -0.493 e. The molecule has 3 rings (SSSR count). The molecular weight excluding hydrogens is 405 g/mol. The Morgan fingerprint density at radius 3 is 2.43 bits per heavy atom. The third-order valence-corrected chi connectivity index (χ3v) is 6.02. The van der Waals surface area contributed by atoms with E-state index in [1.165, 1.54) is 30.6 Å². The number of hydrogen-bond donors (Lipinski definition) is 0. The number of hydrogen-bond acceptors (Lipinski definition) is 6. The topological polar surface area (TPSA) is 54.9 Å². The normalized spacial score (nSPS) is 11.1. The van der Waals surface area contributed by atoms with E-state index in [2.05, 4.69) is 23.7 Å². The quantitative estimate of drug-likeness (QED) is 0.501. The number of fused-ring (bicyclic) bond motifs is 1. The molecule has 6 nitrogen and oxygen atoms in total. The third kappa shape index (κ3) is 4.71. The zero-order chi connectivity index (χ0) is 21.7. The molecule has 0 fully saturated rings.